The first-order chi connectivity index (χ1) is 39.6. The molecule has 0 aliphatic carbocycles. The highest BCUT2D eigenvalue weighted by Crippen LogP contribution is 2.09. The number of carbonyl (C=O) groups excluding carboxylic acids is 14. The second-order valence-corrected chi connectivity index (χ2v) is 20.1. The molecule has 14 N–H and O–H groups in total. The number of nitrogens with zero attached hydrogens (tertiary/aromatic N) is 3. The first-order valence-corrected chi connectivity index (χ1v) is 27.9. The maximum atomic E-state index is 14.0. The van der Waals surface area contributed by atoms with E-state index in [-0.39, 0.29) is 71.0 Å². The Balaban J connectivity index is 3.79. The van der Waals surface area contributed by atoms with Gasteiger partial charge in [0.1, 0.15) is 55.4 Å². The van der Waals surface area contributed by atoms with Crippen molar-refractivity contribution in [3.8, 4) is 0 Å². The first kappa shape index (κ1) is 74.2. The van der Waals surface area contributed by atoms with Crippen LogP contribution in [-0.2, 0) is 71.9 Å². The van der Waals surface area contributed by atoms with Crippen LogP contribution in [0.3, 0.4) is 0 Å². The summed E-state index contributed by atoms with van der Waals surface area (Å²) in [6.07, 6.45) is 6.32. The van der Waals surface area contributed by atoms with Crippen molar-refractivity contribution in [1.82, 2.24) is 68.4 Å². The molecule has 1 heterocycles. The van der Waals surface area contributed by atoms with Crippen molar-refractivity contribution in [1.29, 1.82) is 0 Å². The van der Waals surface area contributed by atoms with E-state index in [1.54, 1.807) is 12.2 Å². The molecule has 13 amide bonds. The Morgan fingerprint density at radius 1 is 0.583 bits per heavy atom. The molecule has 0 aromatic carbocycles. The van der Waals surface area contributed by atoms with Gasteiger partial charge in [0.2, 0.25) is 76.8 Å². The van der Waals surface area contributed by atoms with E-state index < -0.39 is 164 Å². The second-order valence-electron chi connectivity index (χ2n) is 20.1. The molecule has 1 fully saturated rings. The van der Waals surface area contributed by atoms with Crippen LogP contribution in [0.15, 0.2) is 12.2 Å². The van der Waals surface area contributed by atoms with Gasteiger partial charge in [0, 0.05) is 46.3 Å². The third-order valence-corrected chi connectivity index (χ3v) is 12.7. The summed E-state index contributed by atoms with van der Waals surface area (Å²) in [4.78, 5) is 184. The van der Waals surface area contributed by atoms with Gasteiger partial charge in [-0.25, -0.2) is 15.2 Å². The summed E-state index contributed by atoms with van der Waals surface area (Å²) in [5.41, 5.74) is 0. The molecule has 0 spiro atoms. The number of rotatable bonds is 23. The predicted octanol–water partition coefficient (Wildman–Crippen LogP) is -3.69. The van der Waals surface area contributed by atoms with Crippen molar-refractivity contribution < 1.29 is 92.6 Å². The van der Waals surface area contributed by atoms with Crippen LogP contribution < -0.4 is 53.2 Å². The molecule has 32 heteroatoms. The van der Waals surface area contributed by atoms with Gasteiger partial charge in [-0.1, -0.05) is 59.1 Å². The van der Waals surface area contributed by atoms with E-state index in [0.717, 1.165) is 39.5 Å². The molecule has 1 aliphatic heterocycles. The van der Waals surface area contributed by atoms with Gasteiger partial charge in [0.05, 0.1) is 19.7 Å². The number of cyclic esters (lactones) is 1. The van der Waals surface area contributed by atoms with E-state index in [1.807, 2.05) is 0 Å². The molecule has 32 nitrogen and oxygen atoms in total. The second kappa shape index (κ2) is 40.4. The number of carbonyl (C=O) groups is 14. The smallest absolute Gasteiger partial charge is 0.325 e. The van der Waals surface area contributed by atoms with Crippen LogP contribution in [0.4, 0.5) is 0 Å². The summed E-state index contributed by atoms with van der Waals surface area (Å²) in [6.45, 7) is 4.41. The lowest BCUT2D eigenvalue weighted by Gasteiger charge is -2.27. The number of amides is 13. The molecule has 0 radical (unpaired) electrons. The highest BCUT2D eigenvalue weighted by molar-refractivity contribution is 5.98. The van der Waals surface area contributed by atoms with E-state index in [9.17, 15) is 87.9 Å². The van der Waals surface area contributed by atoms with Crippen LogP contribution in [0.1, 0.15) is 132 Å². The number of allylic oxidation sites excluding steroid dienone is 1. The fourth-order valence-corrected chi connectivity index (χ4v) is 7.70. The van der Waals surface area contributed by atoms with Crippen molar-refractivity contribution in [3.05, 3.63) is 12.2 Å². The molecule has 7 atom stereocenters. The van der Waals surface area contributed by atoms with Crippen molar-refractivity contribution >= 4 is 82.8 Å². The van der Waals surface area contributed by atoms with Crippen molar-refractivity contribution in [3.63, 3.8) is 0 Å². The molecule has 0 bridgehead atoms. The molecule has 0 aromatic rings. The quantitative estimate of drug-likeness (QED) is 0.0154. The van der Waals surface area contributed by atoms with Crippen molar-refractivity contribution in [2.75, 3.05) is 52.5 Å². The minimum Gasteiger partial charge on any atom is -0.462 e. The van der Waals surface area contributed by atoms with Gasteiger partial charge in [-0.15, -0.1) is 0 Å². The van der Waals surface area contributed by atoms with Gasteiger partial charge < -0.3 is 63.0 Å². The molecule has 474 valence electrons. The number of hydroxylamine groups is 6. The standard InChI is InChI=1S/C52H87N13O19/c1-8-10-11-12-13-14-15-22-40(69)58-39-30-84-44(73)28-55-47(75)35(19-16-23-63(81)33(6)67)57-41(70)26-53-46(74)32(5)56-49(77)37(21-18-25-65(83)43(72)9-2)60-50(78)38(29-66)61-52(80)45(31(3)4)62-42(71)27-54-48(76)36(59-51(39)79)20-17-24-64(82)34(7)68/h14-15,31-32,35-39,45,66,81-83H,8-13,16-30H2,1-7H3,(H,53,74)(H,54,76)(H,55,75)(H,56,77)(H,57,70)(H,58,69)(H,59,79)(H,60,78)(H,61,80)(H,62,71)/b15-14-/t32-,35?,36?,37?,38-,39-,45+/m0/s1. The zero-order chi connectivity index (χ0) is 63.5. The zero-order valence-corrected chi connectivity index (χ0v) is 48.9. The number of hydrogen-bond acceptors (Lipinski definition) is 19. The Morgan fingerprint density at radius 2 is 1.07 bits per heavy atom. The minimum absolute atomic E-state index is 0.0727. The number of ether oxygens (including phenoxy) is 1. The maximum Gasteiger partial charge on any atom is 0.325 e. The molecule has 84 heavy (non-hydrogen) atoms. The summed E-state index contributed by atoms with van der Waals surface area (Å²) in [5.74, 6) is -14.0. The lowest BCUT2D eigenvalue weighted by molar-refractivity contribution is -0.165. The Kier molecular flexibility index (Phi) is 35.7. The van der Waals surface area contributed by atoms with Gasteiger partial charge in [-0.3, -0.25) is 82.7 Å². The highest BCUT2D eigenvalue weighted by atomic mass is 16.5. The van der Waals surface area contributed by atoms with E-state index in [0.29, 0.717) is 21.6 Å². The Hall–Kier alpha value is -7.84. The molecule has 1 aliphatic rings. The summed E-state index contributed by atoms with van der Waals surface area (Å²) < 4.78 is 5.29. The highest BCUT2D eigenvalue weighted by Gasteiger charge is 2.34. The van der Waals surface area contributed by atoms with Crippen molar-refractivity contribution in [2.24, 2.45) is 5.92 Å². The third kappa shape index (κ3) is 29.9. The fraction of sp³-hybridized carbons (Fsp3) is 0.692. The van der Waals surface area contributed by atoms with Gasteiger partial charge in [-0.2, -0.15) is 0 Å². The number of aliphatic hydroxyl groups is 1. The Labute approximate surface area is 487 Å². The largest absolute Gasteiger partial charge is 0.462 e. The van der Waals surface area contributed by atoms with Gasteiger partial charge in [0.25, 0.3) is 0 Å². The Morgan fingerprint density at radius 3 is 1.61 bits per heavy atom. The van der Waals surface area contributed by atoms with Crippen LogP contribution in [0, 0.1) is 5.92 Å². The minimum atomic E-state index is -1.79. The van der Waals surface area contributed by atoms with E-state index in [4.69, 9.17) is 4.74 Å². The monoisotopic (exact) mass is 1200 g/mol. The number of hydrogen-bond donors (Lipinski definition) is 14. The van der Waals surface area contributed by atoms with E-state index in [2.05, 4.69) is 60.1 Å². The molecular weight excluding hydrogens is 1110 g/mol. The lowest BCUT2D eigenvalue weighted by atomic mass is 10.0. The molecule has 1 saturated heterocycles. The van der Waals surface area contributed by atoms with Crippen molar-refractivity contribution in [2.45, 2.75) is 174 Å². The average molecular weight is 1200 g/mol. The molecule has 3 unspecified atom stereocenters. The number of unbranched alkanes of at least 4 members (excludes halogenated alkanes) is 4. The van der Waals surface area contributed by atoms with Crippen LogP contribution in [0.25, 0.3) is 0 Å². The molecule has 1 rings (SSSR count). The van der Waals surface area contributed by atoms with E-state index >= 15 is 0 Å². The summed E-state index contributed by atoms with van der Waals surface area (Å²) in [7, 11) is 0. The number of esters is 1. The van der Waals surface area contributed by atoms with Gasteiger partial charge in [0.15, 0.2) is 0 Å². The summed E-state index contributed by atoms with van der Waals surface area (Å²) in [6, 6.07) is -11.0. The van der Waals surface area contributed by atoms with Crippen LogP contribution >= 0.6 is 0 Å². The SMILES string of the molecule is CCCCCC/C=C\CC(=O)N[C@H]1COC(=O)CNC(=O)C(CCCN(O)C(C)=O)NC(=O)CNC(=O)[C@H](C)NC(=O)C(CCCN(O)C(=O)CC)NC(=O)[C@H](CO)NC(=O)[C@@H](C(C)C)NC(=O)CNC(=O)C(CCCN(O)C(C)=O)NC1=O. The molecular formula is C52H87N13O19. The van der Waals surface area contributed by atoms with E-state index in [1.165, 1.54) is 27.7 Å². The summed E-state index contributed by atoms with van der Waals surface area (Å²) >= 11 is 0. The van der Waals surface area contributed by atoms with Gasteiger partial charge >= 0.3 is 5.97 Å². The van der Waals surface area contributed by atoms with Gasteiger partial charge in [-0.05, 0) is 64.2 Å². The number of aliphatic hydroxyl groups excluding tert-OH is 1. The van der Waals surface area contributed by atoms with Crippen LogP contribution in [-0.4, -0.2) is 213 Å². The predicted molar refractivity (Wildman–Crippen MR) is 293 cm³/mol. The number of nitrogens with one attached hydrogen (secondary N) is 10. The Bertz CT molecular complexity index is 2290. The topological polar surface area (TPSA) is 459 Å². The summed E-state index contributed by atoms with van der Waals surface area (Å²) in [5, 5.41) is 64.9. The fourth-order valence-electron chi connectivity index (χ4n) is 7.70. The normalized spacial score (nSPS) is 21.8. The first-order valence-electron chi connectivity index (χ1n) is 27.9. The average Bonchev–Trinajstić information content (AvgIpc) is 3.44. The third-order valence-electron chi connectivity index (χ3n) is 12.7. The lowest BCUT2D eigenvalue weighted by Crippen LogP contribution is -2.60. The maximum absolute atomic E-state index is 14.0. The molecule has 0 aromatic heterocycles. The van der Waals surface area contributed by atoms with Crippen LogP contribution in [0.5, 0.6) is 0 Å². The van der Waals surface area contributed by atoms with Crippen LogP contribution in [0.2, 0.25) is 0 Å². The zero-order valence-electron chi connectivity index (χ0n) is 48.9. The molecule has 0 saturated carbocycles.